The molecule has 0 unspecified atom stereocenters. The highest BCUT2D eigenvalue weighted by atomic mass is 15.3. The number of hydrogen-bond donors (Lipinski definition) is 2. The summed E-state index contributed by atoms with van der Waals surface area (Å²) in [6, 6.07) is 12.5. The van der Waals surface area contributed by atoms with Crippen molar-refractivity contribution in [2.45, 2.75) is 6.92 Å². The molecule has 110 valence electrons. The van der Waals surface area contributed by atoms with Crippen LogP contribution >= 0.6 is 0 Å². The molecule has 21 heavy (non-hydrogen) atoms. The number of rotatable bonds is 3. The van der Waals surface area contributed by atoms with E-state index < -0.39 is 0 Å². The van der Waals surface area contributed by atoms with Crippen LogP contribution in [0.15, 0.2) is 36.4 Å². The molecule has 0 radical (unpaired) electrons. The number of nitrogen functional groups attached to an aromatic ring is 1. The number of hydrogen-bond acceptors (Lipinski definition) is 6. The Hall–Kier alpha value is -2.34. The lowest BCUT2D eigenvalue weighted by molar-refractivity contribution is 0.646. The average Bonchev–Trinajstić information content (AvgIpc) is 2.55. The fraction of sp³-hybridized carbons (Fsp3) is 0.333. The van der Waals surface area contributed by atoms with E-state index in [1.54, 1.807) is 0 Å². The average molecular weight is 284 g/mol. The number of piperazine rings is 1. The summed E-state index contributed by atoms with van der Waals surface area (Å²) in [5.74, 6) is 6.81. The summed E-state index contributed by atoms with van der Waals surface area (Å²) in [5.41, 5.74) is 4.72. The Bertz CT molecular complexity index is 592. The maximum Gasteiger partial charge on any atom is 0.239 e. The lowest BCUT2D eigenvalue weighted by Gasteiger charge is -2.36. The Labute approximate surface area is 124 Å². The Morgan fingerprint density at radius 3 is 2.33 bits per heavy atom. The maximum absolute atomic E-state index is 5.41. The number of anilines is 3. The number of aryl methyl sites for hydroxylation is 1. The first-order valence-corrected chi connectivity index (χ1v) is 7.13. The molecule has 0 amide bonds. The van der Waals surface area contributed by atoms with E-state index in [2.05, 4.69) is 49.5 Å². The number of para-hydroxylation sites is 1. The zero-order valence-corrected chi connectivity index (χ0v) is 12.2. The van der Waals surface area contributed by atoms with Gasteiger partial charge in [-0.3, -0.25) is 5.43 Å². The van der Waals surface area contributed by atoms with Crippen molar-refractivity contribution < 1.29 is 0 Å². The van der Waals surface area contributed by atoms with Gasteiger partial charge in [0.15, 0.2) is 0 Å². The first-order chi connectivity index (χ1) is 10.3. The lowest BCUT2D eigenvalue weighted by Crippen LogP contribution is -2.46. The van der Waals surface area contributed by atoms with Gasteiger partial charge < -0.3 is 9.80 Å². The van der Waals surface area contributed by atoms with Crippen molar-refractivity contribution in [2.75, 3.05) is 41.4 Å². The van der Waals surface area contributed by atoms with E-state index >= 15 is 0 Å². The molecule has 2 heterocycles. The van der Waals surface area contributed by atoms with Crippen LogP contribution in [0.1, 0.15) is 5.69 Å². The first-order valence-electron chi connectivity index (χ1n) is 7.13. The largest absolute Gasteiger partial charge is 0.368 e. The third kappa shape index (κ3) is 3.05. The molecule has 0 spiro atoms. The lowest BCUT2D eigenvalue weighted by atomic mass is 10.2. The van der Waals surface area contributed by atoms with Gasteiger partial charge in [0.25, 0.3) is 0 Å². The minimum Gasteiger partial charge on any atom is -0.368 e. The predicted octanol–water partition coefficient (Wildman–Crippen LogP) is 1.40. The van der Waals surface area contributed by atoms with Gasteiger partial charge in [0.05, 0.1) is 0 Å². The fourth-order valence-electron chi connectivity index (χ4n) is 2.61. The second kappa shape index (κ2) is 5.97. The summed E-state index contributed by atoms with van der Waals surface area (Å²) < 4.78 is 0. The van der Waals surface area contributed by atoms with Crippen molar-refractivity contribution in [2.24, 2.45) is 5.84 Å². The molecular formula is C15H20N6. The number of nitrogens with one attached hydrogen (secondary N) is 1. The van der Waals surface area contributed by atoms with Crippen LogP contribution in [-0.4, -0.2) is 36.1 Å². The van der Waals surface area contributed by atoms with Crippen LogP contribution in [0.4, 0.5) is 17.5 Å². The summed E-state index contributed by atoms with van der Waals surface area (Å²) in [6.45, 7) is 5.80. The van der Waals surface area contributed by atoms with Crippen LogP contribution in [0.25, 0.3) is 0 Å². The first kappa shape index (κ1) is 13.6. The molecule has 1 aliphatic rings. The molecule has 3 N–H and O–H groups in total. The molecule has 0 atom stereocenters. The third-order valence-corrected chi connectivity index (χ3v) is 3.69. The van der Waals surface area contributed by atoms with Crippen molar-refractivity contribution >= 4 is 17.5 Å². The zero-order chi connectivity index (χ0) is 14.7. The van der Waals surface area contributed by atoms with E-state index in [4.69, 9.17) is 5.84 Å². The van der Waals surface area contributed by atoms with Crippen LogP contribution < -0.4 is 21.1 Å². The van der Waals surface area contributed by atoms with Gasteiger partial charge in [-0.1, -0.05) is 18.2 Å². The smallest absolute Gasteiger partial charge is 0.239 e. The van der Waals surface area contributed by atoms with E-state index in [9.17, 15) is 0 Å². The monoisotopic (exact) mass is 284 g/mol. The van der Waals surface area contributed by atoms with Crippen LogP contribution in [0.3, 0.4) is 0 Å². The summed E-state index contributed by atoms with van der Waals surface area (Å²) in [7, 11) is 0. The molecule has 6 heteroatoms. The number of nitrogens with zero attached hydrogens (tertiary/aromatic N) is 4. The molecule has 0 saturated carbocycles. The van der Waals surface area contributed by atoms with E-state index in [-0.39, 0.29) is 0 Å². The van der Waals surface area contributed by atoms with Crippen LogP contribution in [0, 0.1) is 6.92 Å². The predicted molar refractivity (Wildman–Crippen MR) is 85.4 cm³/mol. The number of hydrazine groups is 1. The van der Waals surface area contributed by atoms with Gasteiger partial charge in [-0.15, -0.1) is 0 Å². The minimum atomic E-state index is 0.468. The fourth-order valence-corrected chi connectivity index (χ4v) is 2.61. The van der Waals surface area contributed by atoms with Crippen molar-refractivity contribution in [3.63, 3.8) is 0 Å². The van der Waals surface area contributed by atoms with Gasteiger partial charge in [0.2, 0.25) is 5.95 Å². The number of benzene rings is 1. The molecule has 1 aromatic heterocycles. The topological polar surface area (TPSA) is 70.3 Å². The van der Waals surface area contributed by atoms with Gasteiger partial charge in [0, 0.05) is 43.6 Å². The second-order valence-electron chi connectivity index (χ2n) is 5.15. The van der Waals surface area contributed by atoms with Crippen molar-refractivity contribution in [1.29, 1.82) is 0 Å². The molecular weight excluding hydrogens is 264 g/mol. The van der Waals surface area contributed by atoms with Gasteiger partial charge in [-0.05, 0) is 19.1 Å². The van der Waals surface area contributed by atoms with Crippen LogP contribution in [0.2, 0.25) is 0 Å². The van der Waals surface area contributed by atoms with Crippen LogP contribution in [0.5, 0.6) is 0 Å². The summed E-state index contributed by atoms with van der Waals surface area (Å²) in [4.78, 5) is 13.3. The molecule has 1 saturated heterocycles. The Morgan fingerprint density at radius 1 is 1.00 bits per heavy atom. The number of aromatic nitrogens is 2. The third-order valence-electron chi connectivity index (χ3n) is 3.69. The minimum absolute atomic E-state index is 0.468. The Balaban J connectivity index is 1.70. The van der Waals surface area contributed by atoms with Gasteiger partial charge in [-0.25, -0.2) is 10.8 Å². The van der Waals surface area contributed by atoms with E-state index in [0.29, 0.717) is 5.95 Å². The Kier molecular flexibility index (Phi) is 3.87. The molecule has 0 aliphatic carbocycles. The standard InChI is InChI=1S/C15H20N6/c1-12-11-14(18-15(17-12)19-16)21-9-7-20(8-10-21)13-5-3-2-4-6-13/h2-6,11H,7-10,16H2,1H3,(H,17,18,19). The van der Waals surface area contributed by atoms with Crippen molar-refractivity contribution in [1.82, 2.24) is 9.97 Å². The highest BCUT2D eigenvalue weighted by molar-refractivity contribution is 5.50. The number of nitrogens with two attached hydrogens (primary N) is 1. The highest BCUT2D eigenvalue weighted by Crippen LogP contribution is 2.20. The summed E-state index contributed by atoms with van der Waals surface area (Å²) in [5, 5.41) is 0. The molecule has 0 bridgehead atoms. The van der Waals surface area contributed by atoms with E-state index in [1.165, 1.54) is 5.69 Å². The van der Waals surface area contributed by atoms with Gasteiger partial charge >= 0.3 is 0 Å². The van der Waals surface area contributed by atoms with E-state index in [1.807, 2.05) is 19.1 Å². The van der Waals surface area contributed by atoms with Crippen molar-refractivity contribution in [3.05, 3.63) is 42.1 Å². The van der Waals surface area contributed by atoms with Crippen molar-refractivity contribution in [3.8, 4) is 0 Å². The zero-order valence-electron chi connectivity index (χ0n) is 12.2. The molecule has 6 nitrogen and oxygen atoms in total. The SMILES string of the molecule is Cc1cc(N2CCN(c3ccccc3)CC2)nc(NN)n1. The molecule has 1 aliphatic heterocycles. The quantitative estimate of drug-likeness (QED) is 0.656. The Morgan fingerprint density at radius 2 is 1.67 bits per heavy atom. The van der Waals surface area contributed by atoms with E-state index in [0.717, 1.165) is 37.7 Å². The molecule has 2 aromatic rings. The molecule has 1 fully saturated rings. The summed E-state index contributed by atoms with van der Waals surface area (Å²) in [6.07, 6.45) is 0. The van der Waals surface area contributed by atoms with Crippen LogP contribution in [-0.2, 0) is 0 Å². The summed E-state index contributed by atoms with van der Waals surface area (Å²) >= 11 is 0. The maximum atomic E-state index is 5.41. The molecule has 3 rings (SSSR count). The normalized spacial score (nSPS) is 15.1. The van der Waals surface area contributed by atoms with Gasteiger partial charge in [-0.2, -0.15) is 4.98 Å². The molecule has 1 aromatic carbocycles. The highest BCUT2D eigenvalue weighted by Gasteiger charge is 2.19. The second-order valence-corrected chi connectivity index (χ2v) is 5.15. The van der Waals surface area contributed by atoms with Gasteiger partial charge in [0.1, 0.15) is 5.82 Å².